The number of carbonyl (C=O) groups excluding carboxylic acids is 2. The van der Waals surface area contributed by atoms with E-state index in [2.05, 4.69) is 179 Å². The number of piperidine rings is 1. The van der Waals surface area contributed by atoms with Gasteiger partial charge in [0.05, 0.1) is 27.3 Å². The molecule has 0 bridgehead atoms. The van der Waals surface area contributed by atoms with Crippen LogP contribution in [0, 0.1) is 21.7 Å². The monoisotopic (exact) mass is 902 g/mol. The number of rotatable bonds is 3. The zero-order chi connectivity index (χ0) is 49.6. The van der Waals surface area contributed by atoms with Gasteiger partial charge in [0.25, 0.3) is 0 Å². The number of amides is 2. The van der Waals surface area contributed by atoms with Crippen LogP contribution < -0.4 is 15.6 Å². The maximum absolute atomic E-state index is 15.4. The van der Waals surface area contributed by atoms with E-state index in [-0.39, 0.29) is 27.9 Å². The van der Waals surface area contributed by atoms with Crippen LogP contribution in [0.25, 0.3) is 10.9 Å². The largest absolute Gasteiger partial charge is 0.542 e. The Balaban J connectivity index is 0.000000198. The molecule has 0 radical (unpaired) electrons. The molecule has 5 aromatic rings. The fourth-order valence-electron chi connectivity index (χ4n) is 14.0. The molecule has 0 saturated carbocycles. The van der Waals surface area contributed by atoms with Crippen molar-refractivity contribution in [1.29, 1.82) is 0 Å². The third kappa shape index (κ3) is 4.60. The number of fused-ring (bicyclic) bond motifs is 3. The Morgan fingerprint density at radius 1 is 0.652 bits per heavy atom. The summed E-state index contributed by atoms with van der Waals surface area (Å²) in [6, 6.07) is 25.5. The Hall–Kier alpha value is -5.16. The van der Waals surface area contributed by atoms with Crippen LogP contribution in [0.15, 0.2) is 92.7 Å². The van der Waals surface area contributed by atoms with Crippen molar-refractivity contribution in [3.8, 4) is 0 Å². The number of para-hydroxylation sites is 3. The lowest BCUT2D eigenvalue weighted by molar-refractivity contribution is -0.800. The van der Waals surface area contributed by atoms with E-state index in [1.54, 1.807) is 0 Å². The number of aromatic nitrogens is 2. The molecule has 4 spiro atoms. The number of quaternary nitrogens is 1. The number of aryl methyl sites for hydroxylation is 1. The fraction of sp³-hybridized carbons (Fsp3) is 0.564. The third-order valence-corrected chi connectivity index (χ3v) is 18.7. The number of hydrogen-bond donors (Lipinski definition) is 0. The molecular weight excluding hydrogens is 825 g/mol. The quantitative estimate of drug-likeness (QED) is 0.130. The van der Waals surface area contributed by atoms with Crippen LogP contribution in [-0.4, -0.2) is 57.0 Å². The Labute approximate surface area is 393 Å². The summed E-state index contributed by atoms with van der Waals surface area (Å²) in [5.41, 5.74) is 2.86. The van der Waals surface area contributed by atoms with Gasteiger partial charge in [-0.25, -0.2) is 14.5 Å². The lowest BCUT2D eigenvalue weighted by atomic mass is 9.57. The molecule has 3 aromatic carbocycles. The fourth-order valence-corrected chi connectivity index (χ4v) is 14.0. The lowest BCUT2D eigenvalue weighted by Gasteiger charge is -2.48. The first-order valence-corrected chi connectivity index (χ1v) is 24.3. The van der Waals surface area contributed by atoms with Gasteiger partial charge < -0.3 is 13.9 Å². The maximum atomic E-state index is 15.4. The molecule has 8 heterocycles. The van der Waals surface area contributed by atoms with Crippen molar-refractivity contribution in [1.82, 2.24) is 14.6 Å². The summed E-state index contributed by atoms with van der Waals surface area (Å²) in [5, 5.41) is 4.99. The van der Waals surface area contributed by atoms with E-state index in [0.717, 1.165) is 11.4 Å². The average Bonchev–Trinajstić information content (AvgIpc) is 3.92. The van der Waals surface area contributed by atoms with E-state index in [9.17, 15) is 4.79 Å². The molecule has 6 aliphatic heterocycles. The van der Waals surface area contributed by atoms with E-state index < -0.39 is 49.8 Å². The Bertz CT molecular complexity index is 2750. The highest BCUT2D eigenvalue weighted by molar-refractivity contribution is 5.98. The van der Waals surface area contributed by atoms with Crippen LogP contribution in [-0.2, 0) is 38.5 Å². The first-order chi connectivity index (χ1) is 30.8. The number of carbonyl (C=O) groups is 2. The predicted molar refractivity (Wildman–Crippen MR) is 265 cm³/mol. The predicted octanol–water partition coefficient (Wildman–Crippen LogP) is 11.4. The highest BCUT2D eigenvalue weighted by Crippen LogP contribution is 2.95. The minimum absolute atomic E-state index is 0.155. The highest BCUT2D eigenvalue weighted by Gasteiger charge is 3.18. The molecule has 4 saturated heterocycles. The van der Waals surface area contributed by atoms with E-state index in [1.165, 1.54) is 27.6 Å². The molecule has 11 nitrogen and oxygen atoms in total. The second kappa shape index (κ2) is 14.7. The van der Waals surface area contributed by atoms with Crippen LogP contribution in [0.5, 0.6) is 0 Å². The number of hydrogen-bond acceptors (Lipinski definition) is 8. The van der Waals surface area contributed by atoms with Crippen molar-refractivity contribution in [2.75, 3.05) is 23.9 Å². The second-order valence-corrected chi connectivity index (χ2v) is 21.6. The zero-order valence-electron chi connectivity index (χ0n) is 43.8. The van der Waals surface area contributed by atoms with Crippen molar-refractivity contribution in [3.63, 3.8) is 0 Å². The standard InChI is InChI=1S/C32H39N4O2.C17H20N2O3.3C2H6/c1-26(2)24(37)35-30(28(26,5)6)19-15-11-13-17-21(19)33(9)23(30)36-25(38)27(3,4)29(7,8)31(36)20-16-12-14-18-22(20)34(10)32(31,35)36;1-16(2,17(3,4)14-18-22-15(20)21-14)12-10-19(5)13-9-7-6-8-11(12)13;3*1-2/h11-18,23H,1-10H3;6-10H,1-5H3;3*1-2H3/q+1;;;;/t23?,30-,31+,32?,36?;;;;/m1..../s1. The minimum Gasteiger partial charge on any atom is -0.374 e. The number of likely N-dealkylation sites (N-methyl/N-ethyl adjacent to an activating group) is 2. The maximum Gasteiger partial charge on any atom is 0.542 e. The Morgan fingerprint density at radius 2 is 1.18 bits per heavy atom. The van der Waals surface area contributed by atoms with Crippen LogP contribution in [0.2, 0.25) is 0 Å². The number of benzene rings is 3. The van der Waals surface area contributed by atoms with Gasteiger partial charge in [-0.3, -0.25) is 14.2 Å². The average molecular weight is 902 g/mol. The molecule has 11 heteroatoms. The summed E-state index contributed by atoms with van der Waals surface area (Å²) in [6.45, 7) is 37.9. The summed E-state index contributed by atoms with van der Waals surface area (Å²) in [6.07, 6.45) is 1.90. The molecule has 5 atom stereocenters. The van der Waals surface area contributed by atoms with Crippen molar-refractivity contribution in [2.45, 2.75) is 158 Å². The molecule has 66 heavy (non-hydrogen) atoms. The highest BCUT2D eigenvalue weighted by atomic mass is 16.6. The van der Waals surface area contributed by atoms with Crippen molar-refractivity contribution >= 4 is 34.1 Å². The molecule has 0 N–H and O–H groups in total. The smallest absolute Gasteiger partial charge is 0.374 e. The van der Waals surface area contributed by atoms with Gasteiger partial charge in [0.2, 0.25) is 23.5 Å². The van der Waals surface area contributed by atoms with E-state index in [4.69, 9.17) is 4.42 Å². The van der Waals surface area contributed by atoms with E-state index >= 15 is 9.59 Å². The van der Waals surface area contributed by atoms with Gasteiger partial charge in [-0.15, -0.1) is 0 Å². The molecule has 4 fully saturated rings. The SMILES string of the molecule is CC.CC.CC.CN1c2ccccc2[C@]23C1[N+]14C(=O)C(C)(C)C(C)(C)[C@]15c1ccccc1N(C)C54N2C(=O)C(C)(C)C3(C)C.Cn1cc(C(C)(C)C(C)(C)c2noc(=O)o2)c2ccccc21. The molecular formula is C55H77N6O5+. The van der Waals surface area contributed by atoms with Gasteiger partial charge in [-0.1, -0.05) is 165 Å². The van der Waals surface area contributed by atoms with Crippen LogP contribution in [0.3, 0.4) is 0 Å². The Kier molecular flexibility index (Phi) is 10.8. The minimum atomic E-state index is -0.818. The molecule has 0 aliphatic carbocycles. The van der Waals surface area contributed by atoms with Crippen molar-refractivity contribution in [2.24, 2.45) is 28.7 Å². The van der Waals surface area contributed by atoms with Gasteiger partial charge in [0, 0.05) is 65.9 Å². The number of anilines is 2. The summed E-state index contributed by atoms with van der Waals surface area (Å²) in [4.78, 5) is 48.7. The van der Waals surface area contributed by atoms with Gasteiger partial charge in [0.1, 0.15) is 0 Å². The number of nitrogens with zero attached hydrogens (tertiary/aromatic N) is 6. The molecule has 3 unspecified atom stereocenters. The molecule has 356 valence electrons. The van der Waals surface area contributed by atoms with Crippen LogP contribution >= 0.6 is 0 Å². The van der Waals surface area contributed by atoms with Gasteiger partial charge >= 0.3 is 17.5 Å². The first kappa shape index (κ1) is 48.8. The van der Waals surface area contributed by atoms with Crippen molar-refractivity contribution in [3.05, 3.63) is 112 Å². The summed E-state index contributed by atoms with van der Waals surface area (Å²) in [5.74, 6) is -0.861. The summed E-state index contributed by atoms with van der Waals surface area (Å²) >= 11 is 0. The second-order valence-electron chi connectivity index (χ2n) is 21.6. The van der Waals surface area contributed by atoms with Crippen molar-refractivity contribution < 1.29 is 23.0 Å². The first-order valence-electron chi connectivity index (χ1n) is 24.3. The van der Waals surface area contributed by atoms with Crippen LogP contribution in [0.1, 0.15) is 147 Å². The van der Waals surface area contributed by atoms with Gasteiger partial charge in [-0.2, -0.15) is 4.48 Å². The zero-order valence-corrected chi connectivity index (χ0v) is 43.8. The van der Waals surface area contributed by atoms with E-state index in [1.807, 2.05) is 74.6 Å². The summed E-state index contributed by atoms with van der Waals surface area (Å²) in [7, 11) is 6.33. The molecule has 2 amide bonds. The topological polar surface area (TPSA) is 105 Å². The van der Waals surface area contributed by atoms with Gasteiger partial charge in [-0.05, 0) is 42.8 Å². The molecule has 11 rings (SSSR count). The molecule has 2 aromatic heterocycles. The van der Waals surface area contributed by atoms with Gasteiger partial charge in [0.15, 0.2) is 5.54 Å². The normalized spacial score (nSPS) is 29.0. The van der Waals surface area contributed by atoms with Crippen LogP contribution in [0.4, 0.5) is 11.4 Å². The Morgan fingerprint density at radius 3 is 1.76 bits per heavy atom. The third-order valence-electron chi connectivity index (χ3n) is 18.7. The van der Waals surface area contributed by atoms with E-state index in [0.29, 0.717) is 5.89 Å². The number of piperazine rings is 1. The summed E-state index contributed by atoms with van der Waals surface area (Å²) < 4.78 is 12.1. The molecule has 6 aliphatic rings. The lowest BCUT2D eigenvalue weighted by Crippen LogP contribution is -2.64.